The van der Waals surface area contributed by atoms with Crippen LogP contribution in [0.5, 0.6) is 0 Å². The van der Waals surface area contributed by atoms with Gasteiger partial charge in [-0.15, -0.1) is 11.3 Å². The fourth-order valence-corrected chi connectivity index (χ4v) is 3.01. The number of carbonyl (C=O) groups is 1. The van der Waals surface area contributed by atoms with Gasteiger partial charge in [-0.2, -0.15) is 0 Å². The number of pyridine rings is 1. The molecular weight excluding hydrogens is 308 g/mol. The highest BCUT2D eigenvalue weighted by Crippen LogP contribution is 2.28. The summed E-state index contributed by atoms with van der Waals surface area (Å²) in [5, 5.41) is 1.42. The number of aromatic nitrogens is 1. The predicted molar refractivity (Wildman–Crippen MR) is 84.6 cm³/mol. The molecule has 21 heavy (non-hydrogen) atoms. The summed E-state index contributed by atoms with van der Waals surface area (Å²) in [5.74, 6) is -0.373. The summed E-state index contributed by atoms with van der Waals surface area (Å²) in [4.78, 5) is 16.5. The van der Waals surface area contributed by atoms with E-state index in [2.05, 4.69) is 4.98 Å². The molecular formula is C15H11ClN2O2S. The Balaban J connectivity index is 1.76. The van der Waals surface area contributed by atoms with Gasteiger partial charge in [0.05, 0.1) is 5.02 Å². The van der Waals surface area contributed by atoms with Crippen LogP contribution >= 0.6 is 22.9 Å². The number of nitrogens with two attached hydrogens (primary N) is 1. The lowest BCUT2D eigenvalue weighted by Crippen LogP contribution is -2.03. The lowest BCUT2D eigenvalue weighted by atomic mass is 10.2. The van der Waals surface area contributed by atoms with Gasteiger partial charge >= 0.3 is 5.97 Å². The molecule has 0 aliphatic heterocycles. The molecule has 0 aliphatic rings. The van der Waals surface area contributed by atoms with Gasteiger partial charge in [-0.1, -0.05) is 11.6 Å². The summed E-state index contributed by atoms with van der Waals surface area (Å²) < 4.78 is 6.28. The monoisotopic (exact) mass is 318 g/mol. The molecule has 1 aromatic carbocycles. The molecule has 0 atom stereocenters. The minimum Gasteiger partial charge on any atom is -0.457 e. The third kappa shape index (κ3) is 2.99. The summed E-state index contributed by atoms with van der Waals surface area (Å²) in [5.41, 5.74) is 7.13. The van der Waals surface area contributed by atoms with E-state index in [0.717, 1.165) is 15.6 Å². The van der Waals surface area contributed by atoms with Crippen molar-refractivity contribution >= 4 is 44.7 Å². The smallest absolute Gasteiger partial charge is 0.348 e. The maximum Gasteiger partial charge on any atom is 0.348 e. The van der Waals surface area contributed by atoms with Crippen LogP contribution in [0.2, 0.25) is 5.02 Å². The normalized spacial score (nSPS) is 10.7. The van der Waals surface area contributed by atoms with Crippen molar-refractivity contribution in [3.8, 4) is 0 Å². The number of ether oxygens (including phenoxy) is 1. The fraction of sp³-hybridized carbons (Fsp3) is 0.0667. The third-order valence-corrected chi connectivity index (χ3v) is 4.39. The van der Waals surface area contributed by atoms with Gasteiger partial charge < -0.3 is 10.5 Å². The lowest BCUT2D eigenvalue weighted by Gasteiger charge is -2.04. The van der Waals surface area contributed by atoms with Crippen molar-refractivity contribution in [2.75, 3.05) is 5.73 Å². The second-order valence-electron chi connectivity index (χ2n) is 4.45. The van der Waals surface area contributed by atoms with Gasteiger partial charge in [0.1, 0.15) is 11.5 Å². The Hall–Kier alpha value is -2.11. The van der Waals surface area contributed by atoms with Gasteiger partial charge in [0.25, 0.3) is 0 Å². The number of carbonyl (C=O) groups excluding carboxylic acids is 1. The molecule has 106 valence electrons. The number of fused-ring (bicyclic) bond motifs is 1. The van der Waals surface area contributed by atoms with Gasteiger partial charge in [-0.25, -0.2) is 4.79 Å². The van der Waals surface area contributed by atoms with Crippen LogP contribution in [-0.4, -0.2) is 11.0 Å². The summed E-state index contributed by atoms with van der Waals surface area (Å²) >= 11 is 7.35. The average molecular weight is 319 g/mol. The number of halogens is 1. The van der Waals surface area contributed by atoms with Crippen LogP contribution in [0.4, 0.5) is 5.69 Å². The molecule has 0 saturated carbocycles. The van der Waals surface area contributed by atoms with Gasteiger partial charge in [0.2, 0.25) is 0 Å². The summed E-state index contributed by atoms with van der Waals surface area (Å²) in [7, 11) is 0. The number of thiophene rings is 1. The molecule has 0 aliphatic carbocycles. The fourth-order valence-electron chi connectivity index (χ4n) is 1.90. The first-order chi connectivity index (χ1) is 10.1. The van der Waals surface area contributed by atoms with Crippen molar-refractivity contribution in [1.29, 1.82) is 0 Å². The Morgan fingerprint density at radius 1 is 1.33 bits per heavy atom. The van der Waals surface area contributed by atoms with Crippen LogP contribution in [0.3, 0.4) is 0 Å². The minimum absolute atomic E-state index is 0.122. The van der Waals surface area contributed by atoms with Crippen molar-refractivity contribution in [2.24, 2.45) is 0 Å². The average Bonchev–Trinajstić information content (AvgIpc) is 2.89. The van der Waals surface area contributed by atoms with Gasteiger partial charge in [-0.3, -0.25) is 4.98 Å². The van der Waals surface area contributed by atoms with Crippen molar-refractivity contribution in [1.82, 2.24) is 4.98 Å². The Morgan fingerprint density at radius 2 is 2.19 bits per heavy atom. The highest BCUT2D eigenvalue weighted by molar-refractivity contribution is 7.20. The van der Waals surface area contributed by atoms with Crippen molar-refractivity contribution in [2.45, 2.75) is 6.61 Å². The Labute approximate surface area is 130 Å². The third-order valence-electron chi connectivity index (χ3n) is 2.96. The SMILES string of the molecule is Nc1ccc2sc(C(=O)OCc3ccncc3Cl)cc2c1. The van der Waals surface area contributed by atoms with E-state index in [-0.39, 0.29) is 12.6 Å². The maximum absolute atomic E-state index is 12.1. The number of nitrogens with zero attached hydrogens (tertiary/aromatic N) is 1. The first-order valence-electron chi connectivity index (χ1n) is 6.18. The van der Waals surface area contributed by atoms with Gasteiger partial charge in [-0.05, 0) is 35.7 Å². The molecule has 0 fully saturated rings. The molecule has 2 heterocycles. The van der Waals surface area contributed by atoms with Gasteiger partial charge in [0.15, 0.2) is 0 Å². The van der Waals surface area contributed by atoms with E-state index in [9.17, 15) is 4.79 Å². The van der Waals surface area contributed by atoms with Crippen LogP contribution in [0.25, 0.3) is 10.1 Å². The van der Waals surface area contributed by atoms with E-state index >= 15 is 0 Å². The number of rotatable bonds is 3. The summed E-state index contributed by atoms with van der Waals surface area (Å²) in [6.45, 7) is 0.122. The molecule has 4 nitrogen and oxygen atoms in total. The van der Waals surface area contributed by atoms with E-state index < -0.39 is 0 Å². The zero-order valence-electron chi connectivity index (χ0n) is 10.9. The zero-order valence-corrected chi connectivity index (χ0v) is 12.4. The molecule has 3 rings (SSSR count). The van der Waals surface area contributed by atoms with Gasteiger partial charge in [0, 0.05) is 28.3 Å². The number of hydrogen-bond donors (Lipinski definition) is 1. The van der Waals surface area contributed by atoms with Crippen molar-refractivity contribution in [3.05, 3.63) is 58.2 Å². The molecule has 3 aromatic rings. The molecule has 0 radical (unpaired) electrons. The number of nitrogen functional groups attached to an aromatic ring is 1. The predicted octanol–water partition coefficient (Wildman–Crippen LogP) is 3.89. The zero-order chi connectivity index (χ0) is 14.8. The Kier molecular flexibility index (Phi) is 3.77. The molecule has 0 saturated heterocycles. The first kappa shape index (κ1) is 13.9. The maximum atomic E-state index is 12.1. The number of benzene rings is 1. The largest absolute Gasteiger partial charge is 0.457 e. The number of esters is 1. The van der Waals surface area contributed by atoms with E-state index in [0.29, 0.717) is 15.6 Å². The Morgan fingerprint density at radius 3 is 3.00 bits per heavy atom. The van der Waals surface area contributed by atoms with Crippen LogP contribution in [0, 0.1) is 0 Å². The highest BCUT2D eigenvalue weighted by atomic mass is 35.5. The van der Waals surface area contributed by atoms with Crippen molar-refractivity contribution < 1.29 is 9.53 Å². The Bertz CT molecular complexity index is 816. The molecule has 2 aromatic heterocycles. The number of anilines is 1. The summed E-state index contributed by atoms with van der Waals surface area (Å²) in [6, 6.07) is 9.05. The van der Waals surface area contributed by atoms with E-state index in [1.807, 2.05) is 18.2 Å². The van der Waals surface area contributed by atoms with Crippen LogP contribution in [0.1, 0.15) is 15.2 Å². The van der Waals surface area contributed by atoms with Crippen LogP contribution in [-0.2, 0) is 11.3 Å². The highest BCUT2D eigenvalue weighted by Gasteiger charge is 2.12. The lowest BCUT2D eigenvalue weighted by molar-refractivity contribution is 0.0478. The molecule has 0 unspecified atom stereocenters. The summed E-state index contributed by atoms with van der Waals surface area (Å²) in [6.07, 6.45) is 3.13. The van der Waals surface area contributed by atoms with E-state index in [1.54, 1.807) is 18.3 Å². The van der Waals surface area contributed by atoms with E-state index in [4.69, 9.17) is 22.1 Å². The second kappa shape index (κ2) is 5.71. The minimum atomic E-state index is -0.373. The van der Waals surface area contributed by atoms with Crippen molar-refractivity contribution in [3.63, 3.8) is 0 Å². The molecule has 6 heteroatoms. The first-order valence-corrected chi connectivity index (χ1v) is 7.37. The standard InChI is InChI=1S/C15H11ClN2O2S/c16-12-7-18-4-3-9(12)8-20-15(19)14-6-10-5-11(17)1-2-13(10)21-14/h1-7H,8,17H2. The molecule has 0 amide bonds. The molecule has 2 N–H and O–H groups in total. The second-order valence-corrected chi connectivity index (χ2v) is 5.94. The van der Waals surface area contributed by atoms with Crippen LogP contribution in [0.15, 0.2) is 42.7 Å². The van der Waals surface area contributed by atoms with E-state index in [1.165, 1.54) is 17.5 Å². The molecule has 0 spiro atoms. The van der Waals surface area contributed by atoms with Crippen LogP contribution < -0.4 is 5.73 Å². The quantitative estimate of drug-likeness (QED) is 0.587. The topological polar surface area (TPSA) is 65.2 Å². The molecule has 0 bridgehead atoms. The number of hydrogen-bond acceptors (Lipinski definition) is 5.